The van der Waals surface area contributed by atoms with E-state index in [1.807, 2.05) is 54.6 Å². The van der Waals surface area contributed by atoms with Crippen LogP contribution in [0, 0.1) is 0 Å². The van der Waals surface area contributed by atoms with Gasteiger partial charge in [-0.25, -0.2) is 9.48 Å². The van der Waals surface area contributed by atoms with Gasteiger partial charge >= 0.3 is 18.1 Å². The van der Waals surface area contributed by atoms with Gasteiger partial charge in [-0.05, 0) is 65.8 Å². The quantitative estimate of drug-likeness (QED) is 0.281. The van der Waals surface area contributed by atoms with Crippen LogP contribution in [0.5, 0.6) is 5.75 Å². The second-order valence-electron chi connectivity index (χ2n) is 9.73. The summed E-state index contributed by atoms with van der Waals surface area (Å²) >= 11 is 0. The molecule has 2 heterocycles. The van der Waals surface area contributed by atoms with Crippen molar-refractivity contribution in [1.29, 1.82) is 0 Å². The summed E-state index contributed by atoms with van der Waals surface area (Å²) in [5.74, 6) is -1.55. The Balaban J connectivity index is 1.39. The van der Waals surface area contributed by atoms with Crippen LogP contribution in [0.1, 0.15) is 34.7 Å². The molecule has 1 fully saturated rings. The van der Waals surface area contributed by atoms with Crippen LogP contribution >= 0.6 is 0 Å². The summed E-state index contributed by atoms with van der Waals surface area (Å²) < 4.78 is 50.2. The summed E-state index contributed by atoms with van der Waals surface area (Å²) in [7, 11) is 2.90. The molecule has 1 aromatic heterocycles. The lowest BCUT2D eigenvalue weighted by Crippen LogP contribution is -2.45. The van der Waals surface area contributed by atoms with Gasteiger partial charge in [-0.15, -0.1) is 5.10 Å². The van der Waals surface area contributed by atoms with Crippen LogP contribution in [0.4, 0.5) is 13.2 Å². The number of piperidine rings is 1. The highest BCUT2D eigenvalue weighted by Gasteiger charge is 2.43. The third-order valence-corrected chi connectivity index (χ3v) is 7.20. The first-order valence-corrected chi connectivity index (χ1v) is 12.9. The molecular weight excluding hydrogens is 537 g/mol. The summed E-state index contributed by atoms with van der Waals surface area (Å²) in [5.41, 5.74) is 4.96. The summed E-state index contributed by atoms with van der Waals surface area (Å²) in [6.45, 7) is 0.121. The number of carbonyl (C=O) groups excluding carboxylic acids is 2. The molecule has 0 radical (unpaired) electrons. The maximum Gasteiger partial charge on any atom is 0.471 e. The van der Waals surface area contributed by atoms with E-state index in [4.69, 9.17) is 9.47 Å². The highest BCUT2D eigenvalue weighted by Crippen LogP contribution is 2.33. The molecule has 1 aliphatic heterocycles. The second kappa shape index (κ2) is 11.4. The van der Waals surface area contributed by atoms with Crippen molar-refractivity contribution in [3.05, 3.63) is 84.1 Å². The van der Waals surface area contributed by atoms with Gasteiger partial charge in [-0.1, -0.05) is 41.6 Å². The van der Waals surface area contributed by atoms with Crippen molar-refractivity contribution in [1.82, 2.24) is 19.9 Å². The van der Waals surface area contributed by atoms with Crippen LogP contribution in [-0.4, -0.2) is 65.3 Å². The Labute approximate surface area is 234 Å². The first-order chi connectivity index (χ1) is 19.7. The molecule has 0 unspecified atom stereocenters. The molecule has 212 valence electrons. The Morgan fingerprint density at radius 1 is 0.902 bits per heavy atom. The van der Waals surface area contributed by atoms with Gasteiger partial charge in [-0.3, -0.25) is 4.79 Å². The number of halogens is 3. The number of ether oxygens (including phenoxy) is 2. The molecule has 3 aromatic carbocycles. The van der Waals surface area contributed by atoms with Crippen molar-refractivity contribution in [3.63, 3.8) is 0 Å². The lowest BCUT2D eigenvalue weighted by Gasteiger charge is -2.32. The molecule has 0 bridgehead atoms. The lowest BCUT2D eigenvalue weighted by atomic mass is 9.88. The molecule has 8 nitrogen and oxygen atoms in total. The molecule has 0 saturated carbocycles. The van der Waals surface area contributed by atoms with E-state index in [1.165, 1.54) is 7.11 Å². The highest BCUT2D eigenvalue weighted by molar-refractivity contribution is 5.92. The Kier molecular flexibility index (Phi) is 7.78. The minimum absolute atomic E-state index is 0.0449. The number of hydrogen-bond donors (Lipinski definition) is 0. The van der Waals surface area contributed by atoms with E-state index < -0.39 is 18.1 Å². The fourth-order valence-electron chi connectivity index (χ4n) is 4.99. The van der Waals surface area contributed by atoms with Crippen molar-refractivity contribution in [2.75, 3.05) is 27.3 Å². The van der Waals surface area contributed by atoms with Gasteiger partial charge in [0.2, 0.25) is 0 Å². The monoisotopic (exact) mass is 564 g/mol. The first-order valence-electron chi connectivity index (χ1n) is 12.9. The number of nitrogens with zero attached hydrogens (tertiary/aromatic N) is 4. The number of methoxy groups -OCH3 is 2. The van der Waals surface area contributed by atoms with E-state index in [-0.39, 0.29) is 19.0 Å². The van der Waals surface area contributed by atoms with Crippen molar-refractivity contribution in [2.45, 2.75) is 24.9 Å². The van der Waals surface area contributed by atoms with Gasteiger partial charge in [0, 0.05) is 18.7 Å². The van der Waals surface area contributed by atoms with Crippen molar-refractivity contribution in [3.8, 4) is 33.8 Å². The van der Waals surface area contributed by atoms with E-state index in [0.717, 1.165) is 27.2 Å². The van der Waals surface area contributed by atoms with E-state index >= 15 is 0 Å². The zero-order valence-corrected chi connectivity index (χ0v) is 22.4. The van der Waals surface area contributed by atoms with Crippen molar-refractivity contribution >= 4 is 11.9 Å². The molecule has 0 spiro atoms. The standard InChI is InChI=1S/C30H27F3N4O4/c1-40-26-5-3-4-22(17-26)27-18-37(35-34-27)25-15-23(14-24(16-25)28(38)41-2)20-8-6-19(7-9-20)21-10-12-36(13-11-21)29(39)30(31,32)33/h3-9,14-18,21H,10-13H2,1-2H3. The molecule has 1 aliphatic rings. The number of alkyl halides is 3. The van der Waals surface area contributed by atoms with Crippen LogP contribution in [0.25, 0.3) is 28.1 Å². The van der Waals surface area contributed by atoms with Crippen LogP contribution in [-0.2, 0) is 9.53 Å². The fourth-order valence-corrected chi connectivity index (χ4v) is 4.99. The Bertz CT molecular complexity index is 1560. The maximum absolute atomic E-state index is 12.8. The summed E-state index contributed by atoms with van der Waals surface area (Å²) in [5, 5.41) is 8.55. The number of benzene rings is 3. The van der Waals surface area contributed by atoms with E-state index in [1.54, 1.807) is 30.1 Å². The number of aromatic nitrogens is 3. The molecule has 11 heteroatoms. The van der Waals surface area contributed by atoms with E-state index in [2.05, 4.69) is 10.3 Å². The molecule has 1 saturated heterocycles. The van der Waals surface area contributed by atoms with Gasteiger partial charge in [0.25, 0.3) is 0 Å². The Hall–Kier alpha value is -4.67. The largest absolute Gasteiger partial charge is 0.497 e. The average Bonchev–Trinajstić information content (AvgIpc) is 3.50. The number of amides is 1. The molecule has 0 N–H and O–H groups in total. The van der Waals surface area contributed by atoms with Gasteiger partial charge in [0.1, 0.15) is 11.4 Å². The zero-order chi connectivity index (χ0) is 29.1. The first kappa shape index (κ1) is 27.9. The summed E-state index contributed by atoms with van der Waals surface area (Å²) in [6.07, 6.45) is -2.20. The summed E-state index contributed by atoms with van der Waals surface area (Å²) in [6, 6.07) is 20.4. The fraction of sp³-hybridized carbons (Fsp3) is 0.267. The Morgan fingerprint density at radius 2 is 1.63 bits per heavy atom. The van der Waals surface area contributed by atoms with Crippen LogP contribution in [0.2, 0.25) is 0 Å². The van der Waals surface area contributed by atoms with Gasteiger partial charge in [0.15, 0.2) is 0 Å². The van der Waals surface area contributed by atoms with Crippen LogP contribution < -0.4 is 4.74 Å². The number of esters is 1. The average molecular weight is 565 g/mol. The third kappa shape index (κ3) is 6.08. The lowest BCUT2D eigenvalue weighted by molar-refractivity contribution is -0.186. The molecule has 1 amide bonds. The second-order valence-corrected chi connectivity index (χ2v) is 9.73. The Morgan fingerprint density at radius 3 is 2.29 bits per heavy atom. The third-order valence-electron chi connectivity index (χ3n) is 7.20. The molecule has 0 aliphatic carbocycles. The summed E-state index contributed by atoms with van der Waals surface area (Å²) in [4.78, 5) is 24.9. The maximum atomic E-state index is 12.8. The minimum atomic E-state index is -4.85. The number of rotatable bonds is 6. The zero-order valence-electron chi connectivity index (χ0n) is 22.4. The number of carbonyl (C=O) groups is 2. The predicted molar refractivity (Wildman–Crippen MR) is 145 cm³/mol. The molecule has 41 heavy (non-hydrogen) atoms. The van der Waals surface area contributed by atoms with Crippen LogP contribution in [0.3, 0.4) is 0 Å². The molecule has 5 rings (SSSR count). The highest BCUT2D eigenvalue weighted by atomic mass is 19.4. The number of likely N-dealkylation sites (tertiary alicyclic amines) is 1. The van der Waals surface area contributed by atoms with Crippen LogP contribution in [0.15, 0.2) is 72.9 Å². The molecule has 0 atom stereocenters. The SMILES string of the molecule is COC(=O)c1cc(-c2ccc(C3CCN(C(=O)C(F)(F)F)CC3)cc2)cc(-n2cc(-c3cccc(OC)c3)nn2)c1. The van der Waals surface area contributed by atoms with E-state index in [9.17, 15) is 22.8 Å². The molecular formula is C30H27F3N4O4. The van der Waals surface area contributed by atoms with Gasteiger partial charge in [0.05, 0.1) is 31.7 Å². The smallest absolute Gasteiger partial charge is 0.471 e. The van der Waals surface area contributed by atoms with Crippen molar-refractivity contribution < 1.29 is 32.2 Å². The van der Waals surface area contributed by atoms with Crippen molar-refractivity contribution in [2.24, 2.45) is 0 Å². The number of hydrogen-bond acceptors (Lipinski definition) is 6. The predicted octanol–water partition coefficient (Wildman–Crippen LogP) is 5.66. The minimum Gasteiger partial charge on any atom is -0.497 e. The van der Waals surface area contributed by atoms with E-state index in [0.29, 0.717) is 35.5 Å². The normalized spacial score (nSPS) is 14.1. The van der Waals surface area contributed by atoms with Gasteiger partial charge in [-0.2, -0.15) is 13.2 Å². The molecule has 4 aromatic rings. The van der Waals surface area contributed by atoms with Gasteiger partial charge < -0.3 is 14.4 Å². The topological polar surface area (TPSA) is 86.5 Å².